The number of ether oxygens (including phenoxy) is 3. The largest absolute Gasteiger partial charge is 0.494 e. The molecule has 1 aliphatic rings. The van der Waals surface area contributed by atoms with E-state index in [0.717, 1.165) is 5.56 Å². The molecule has 0 atom stereocenters. The lowest BCUT2D eigenvalue weighted by Crippen LogP contribution is -2.19. The Morgan fingerprint density at radius 3 is 2.72 bits per heavy atom. The number of nitriles is 1. The van der Waals surface area contributed by atoms with E-state index in [4.69, 9.17) is 19.5 Å². The summed E-state index contributed by atoms with van der Waals surface area (Å²) in [7, 11) is 3.08. The molecule has 29 heavy (non-hydrogen) atoms. The van der Waals surface area contributed by atoms with Crippen LogP contribution in [0.15, 0.2) is 50.8 Å². The maximum Gasteiger partial charge on any atom is 0.264 e. The first-order valence-corrected chi connectivity index (χ1v) is 9.96. The van der Waals surface area contributed by atoms with E-state index in [2.05, 4.69) is 26.2 Å². The minimum Gasteiger partial charge on any atom is -0.494 e. The standard InChI is InChI=1S/C20H16BrN3O4S/c1-26-15-6-4-3-5-14(15)23-20-24-19(25)17(29-20)11-12-9-13(21)18(28-8-7-22)16(10-12)27-2/h3-6,9-11H,8H2,1-2H3,(H,23,24,25)/b17-11-. The van der Waals surface area contributed by atoms with Crippen molar-refractivity contribution in [2.45, 2.75) is 0 Å². The molecule has 1 heterocycles. The van der Waals surface area contributed by atoms with Crippen LogP contribution in [-0.4, -0.2) is 31.9 Å². The van der Waals surface area contributed by atoms with Gasteiger partial charge in [0.1, 0.15) is 17.5 Å². The summed E-state index contributed by atoms with van der Waals surface area (Å²) >= 11 is 4.65. The number of hydrogen-bond donors (Lipinski definition) is 1. The summed E-state index contributed by atoms with van der Waals surface area (Å²) in [5.74, 6) is 1.25. The number of benzene rings is 2. The van der Waals surface area contributed by atoms with Crippen molar-refractivity contribution in [2.75, 3.05) is 20.8 Å². The van der Waals surface area contributed by atoms with E-state index in [-0.39, 0.29) is 12.5 Å². The number of amidine groups is 1. The zero-order valence-electron chi connectivity index (χ0n) is 15.6. The topological polar surface area (TPSA) is 92.9 Å². The predicted octanol–water partition coefficient (Wildman–Crippen LogP) is 4.26. The maximum atomic E-state index is 12.4. The number of aliphatic imine (C=N–C) groups is 1. The van der Waals surface area contributed by atoms with Crippen molar-refractivity contribution in [3.05, 3.63) is 51.3 Å². The molecule has 0 unspecified atom stereocenters. The van der Waals surface area contributed by atoms with Crippen LogP contribution in [0.4, 0.5) is 5.69 Å². The Labute approximate surface area is 180 Å². The van der Waals surface area contributed by atoms with E-state index < -0.39 is 0 Å². The van der Waals surface area contributed by atoms with Gasteiger partial charge in [0.15, 0.2) is 23.3 Å². The number of carbonyl (C=O) groups is 1. The molecule has 7 nitrogen and oxygen atoms in total. The Hall–Kier alpha value is -2.96. The number of nitrogens with zero attached hydrogens (tertiary/aromatic N) is 2. The second kappa shape index (κ2) is 9.49. The summed E-state index contributed by atoms with van der Waals surface area (Å²) in [6, 6.07) is 12.7. The summed E-state index contributed by atoms with van der Waals surface area (Å²) in [6.45, 7) is -0.101. The Morgan fingerprint density at radius 2 is 2.00 bits per heavy atom. The van der Waals surface area contributed by atoms with Crippen LogP contribution in [0.25, 0.3) is 6.08 Å². The van der Waals surface area contributed by atoms with Gasteiger partial charge in [-0.25, -0.2) is 4.99 Å². The van der Waals surface area contributed by atoms with Crippen molar-refractivity contribution in [2.24, 2.45) is 4.99 Å². The van der Waals surface area contributed by atoms with Crippen molar-refractivity contribution in [1.82, 2.24) is 5.32 Å². The fourth-order valence-corrected chi connectivity index (χ4v) is 3.94. The number of rotatable bonds is 6. The second-order valence-corrected chi connectivity index (χ2v) is 7.52. The highest BCUT2D eigenvalue weighted by atomic mass is 79.9. The zero-order chi connectivity index (χ0) is 20.8. The van der Waals surface area contributed by atoms with Crippen LogP contribution in [0, 0.1) is 11.3 Å². The lowest BCUT2D eigenvalue weighted by molar-refractivity contribution is -0.115. The van der Waals surface area contributed by atoms with Crippen LogP contribution >= 0.6 is 27.7 Å². The normalized spacial score (nSPS) is 15.9. The molecule has 9 heteroatoms. The highest BCUT2D eigenvalue weighted by Gasteiger charge is 2.24. The Bertz CT molecular complexity index is 1050. The number of amides is 1. The lowest BCUT2D eigenvalue weighted by atomic mass is 10.2. The molecule has 3 rings (SSSR count). The van der Waals surface area contributed by atoms with Crippen LogP contribution in [-0.2, 0) is 4.79 Å². The first kappa shape index (κ1) is 20.8. The fraction of sp³-hybridized carbons (Fsp3) is 0.150. The average molecular weight is 474 g/mol. The lowest BCUT2D eigenvalue weighted by Gasteiger charge is -2.11. The van der Waals surface area contributed by atoms with Gasteiger partial charge in [0.25, 0.3) is 5.91 Å². The highest BCUT2D eigenvalue weighted by Crippen LogP contribution is 2.38. The fourth-order valence-electron chi connectivity index (χ4n) is 2.53. The van der Waals surface area contributed by atoms with Crippen molar-refractivity contribution in [1.29, 1.82) is 5.26 Å². The van der Waals surface area contributed by atoms with E-state index in [1.54, 1.807) is 31.4 Å². The molecule has 0 aromatic heterocycles. The van der Waals surface area contributed by atoms with Gasteiger partial charge in [0.05, 0.1) is 23.6 Å². The summed E-state index contributed by atoms with van der Waals surface area (Å²) in [5, 5.41) is 11.9. The van der Waals surface area contributed by atoms with E-state index in [9.17, 15) is 4.79 Å². The molecule has 1 N–H and O–H groups in total. The first-order valence-electron chi connectivity index (χ1n) is 8.35. The molecular formula is C20H16BrN3O4S. The first-order chi connectivity index (χ1) is 14.0. The third-order valence-corrected chi connectivity index (χ3v) is 5.29. The van der Waals surface area contributed by atoms with Gasteiger partial charge >= 0.3 is 0 Å². The maximum absolute atomic E-state index is 12.4. The van der Waals surface area contributed by atoms with E-state index in [1.807, 2.05) is 24.3 Å². The minimum absolute atomic E-state index is 0.101. The Morgan fingerprint density at radius 1 is 1.24 bits per heavy atom. The molecule has 0 aliphatic carbocycles. The molecule has 148 valence electrons. The van der Waals surface area contributed by atoms with Gasteiger partial charge in [-0.2, -0.15) is 5.26 Å². The molecule has 2 aromatic rings. The number of thioether (sulfide) groups is 1. The summed E-state index contributed by atoms with van der Waals surface area (Å²) in [5.41, 5.74) is 1.36. The third-order valence-electron chi connectivity index (χ3n) is 3.79. The molecule has 0 bridgehead atoms. The quantitative estimate of drug-likeness (QED) is 0.629. The Balaban J connectivity index is 1.88. The van der Waals surface area contributed by atoms with Crippen molar-refractivity contribution in [3.8, 4) is 23.3 Å². The highest BCUT2D eigenvalue weighted by molar-refractivity contribution is 9.10. The smallest absolute Gasteiger partial charge is 0.264 e. The van der Waals surface area contributed by atoms with Gasteiger partial charge in [0.2, 0.25) is 0 Å². The summed E-state index contributed by atoms with van der Waals surface area (Å²) in [4.78, 5) is 17.3. The number of carbonyl (C=O) groups excluding carboxylic acids is 1. The molecule has 1 fully saturated rings. The molecule has 1 aliphatic heterocycles. The van der Waals surface area contributed by atoms with Gasteiger partial charge in [-0.05, 0) is 63.6 Å². The number of hydrogen-bond acceptors (Lipinski definition) is 7. The van der Waals surface area contributed by atoms with E-state index >= 15 is 0 Å². The molecule has 1 saturated heterocycles. The van der Waals surface area contributed by atoms with Gasteiger partial charge in [-0.3, -0.25) is 4.79 Å². The van der Waals surface area contributed by atoms with Gasteiger partial charge in [0, 0.05) is 0 Å². The molecular weight excluding hydrogens is 458 g/mol. The Kier molecular flexibility index (Phi) is 6.80. The van der Waals surface area contributed by atoms with Crippen molar-refractivity contribution in [3.63, 3.8) is 0 Å². The second-order valence-electron chi connectivity index (χ2n) is 5.63. The van der Waals surface area contributed by atoms with Gasteiger partial charge < -0.3 is 19.5 Å². The van der Waals surface area contributed by atoms with Crippen molar-refractivity contribution >= 4 is 50.5 Å². The van der Waals surface area contributed by atoms with Crippen molar-refractivity contribution < 1.29 is 19.0 Å². The monoisotopic (exact) mass is 473 g/mol. The molecule has 0 radical (unpaired) electrons. The minimum atomic E-state index is -0.247. The summed E-state index contributed by atoms with van der Waals surface area (Å²) in [6.07, 6.45) is 1.73. The molecule has 1 amide bonds. The number of nitrogens with one attached hydrogen (secondary N) is 1. The molecule has 0 spiro atoms. The SMILES string of the molecule is COc1ccccc1N=C1NC(=O)/C(=C/c2cc(Br)c(OCC#N)c(OC)c2)S1. The number of halogens is 1. The third kappa shape index (κ3) is 4.91. The zero-order valence-corrected chi connectivity index (χ0v) is 18.0. The van der Waals surface area contributed by atoms with Gasteiger partial charge in [-0.15, -0.1) is 0 Å². The van der Waals surface area contributed by atoms with Gasteiger partial charge in [-0.1, -0.05) is 12.1 Å². The van der Waals surface area contributed by atoms with Crippen LogP contribution in [0.3, 0.4) is 0 Å². The van der Waals surface area contributed by atoms with E-state index in [0.29, 0.717) is 37.5 Å². The number of para-hydroxylation sites is 2. The van der Waals surface area contributed by atoms with Crippen LogP contribution in [0.5, 0.6) is 17.2 Å². The molecule has 2 aromatic carbocycles. The van der Waals surface area contributed by atoms with Crippen LogP contribution in [0.1, 0.15) is 5.56 Å². The van der Waals surface area contributed by atoms with Crippen LogP contribution < -0.4 is 19.5 Å². The average Bonchev–Trinajstić information content (AvgIpc) is 3.05. The van der Waals surface area contributed by atoms with E-state index in [1.165, 1.54) is 18.9 Å². The number of methoxy groups -OCH3 is 2. The summed E-state index contributed by atoms with van der Waals surface area (Å²) < 4.78 is 16.6. The predicted molar refractivity (Wildman–Crippen MR) is 116 cm³/mol. The molecule has 0 saturated carbocycles. The van der Waals surface area contributed by atoms with Crippen LogP contribution in [0.2, 0.25) is 0 Å².